The van der Waals surface area contributed by atoms with Crippen molar-refractivity contribution in [3.63, 3.8) is 0 Å². The molecule has 0 spiro atoms. The number of hydrogen-bond acceptors (Lipinski definition) is 2. The van der Waals surface area contributed by atoms with E-state index in [1.165, 1.54) is 5.56 Å². The number of fused-ring (bicyclic) bond motifs is 1. The van der Waals surface area contributed by atoms with Crippen LogP contribution in [0.2, 0.25) is 0 Å². The van der Waals surface area contributed by atoms with Gasteiger partial charge < -0.3 is 11.1 Å². The zero-order valence-electron chi connectivity index (χ0n) is 12.7. The van der Waals surface area contributed by atoms with Gasteiger partial charge in [0.1, 0.15) is 0 Å². The Morgan fingerprint density at radius 3 is 2.37 bits per heavy atom. The van der Waals surface area contributed by atoms with E-state index in [1.807, 2.05) is 6.92 Å². The molecule has 0 saturated heterocycles. The van der Waals surface area contributed by atoms with Gasteiger partial charge in [-0.05, 0) is 48.4 Å². The van der Waals surface area contributed by atoms with E-state index in [2.05, 4.69) is 46.0 Å². The second-order valence-electron chi connectivity index (χ2n) is 6.73. The lowest BCUT2D eigenvalue weighted by Crippen LogP contribution is -2.27. The minimum absolute atomic E-state index is 0.00468. The standard InChI is InChI=1S/C16H24N2O/c1-8-9(2)13-11(10(3)15(19)18-13)7-12(8)14(17)16(4,5)6/h7,10,14H,17H2,1-6H3,(H,18,19). The molecule has 2 rings (SSSR count). The molecule has 2 atom stereocenters. The van der Waals surface area contributed by atoms with Gasteiger partial charge >= 0.3 is 0 Å². The molecule has 3 N–H and O–H groups in total. The fourth-order valence-electron chi connectivity index (χ4n) is 2.64. The molecule has 0 saturated carbocycles. The molecule has 1 heterocycles. The van der Waals surface area contributed by atoms with Gasteiger partial charge in [0.25, 0.3) is 0 Å². The average Bonchev–Trinajstić information content (AvgIpc) is 2.59. The predicted octanol–water partition coefficient (Wildman–Crippen LogP) is 3.40. The maximum atomic E-state index is 11.8. The topological polar surface area (TPSA) is 55.1 Å². The van der Waals surface area contributed by atoms with Crippen molar-refractivity contribution in [2.45, 2.75) is 53.5 Å². The van der Waals surface area contributed by atoms with Gasteiger partial charge in [0, 0.05) is 11.7 Å². The molecule has 2 unspecified atom stereocenters. The molecule has 3 heteroatoms. The van der Waals surface area contributed by atoms with E-state index in [1.54, 1.807) is 0 Å². The average molecular weight is 260 g/mol. The molecule has 19 heavy (non-hydrogen) atoms. The van der Waals surface area contributed by atoms with Gasteiger partial charge in [0.2, 0.25) is 5.91 Å². The lowest BCUT2D eigenvalue weighted by Gasteiger charge is -2.30. The highest BCUT2D eigenvalue weighted by Crippen LogP contribution is 2.41. The van der Waals surface area contributed by atoms with Crippen molar-refractivity contribution in [1.82, 2.24) is 0 Å². The van der Waals surface area contributed by atoms with Crippen molar-refractivity contribution in [2.24, 2.45) is 11.1 Å². The minimum Gasteiger partial charge on any atom is -0.325 e. The monoisotopic (exact) mass is 260 g/mol. The Hall–Kier alpha value is -1.35. The number of amides is 1. The van der Waals surface area contributed by atoms with Gasteiger partial charge in [-0.25, -0.2) is 0 Å². The predicted molar refractivity (Wildman–Crippen MR) is 79.3 cm³/mol. The quantitative estimate of drug-likeness (QED) is 0.813. The minimum atomic E-state index is -0.0831. The molecule has 0 radical (unpaired) electrons. The first-order chi connectivity index (χ1) is 8.64. The van der Waals surface area contributed by atoms with Gasteiger partial charge in [-0.2, -0.15) is 0 Å². The molecule has 0 aromatic heterocycles. The molecule has 0 fully saturated rings. The number of benzene rings is 1. The third-order valence-electron chi connectivity index (χ3n) is 4.35. The highest BCUT2D eigenvalue weighted by atomic mass is 16.2. The number of nitrogens with one attached hydrogen (secondary N) is 1. The van der Waals surface area contributed by atoms with Crippen molar-refractivity contribution in [3.8, 4) is 0 Å². The lowest BCUT2D eigenvalue weighted by atomic mass is 9.79. The first kappa shape index (κ1) is 14.1. The summed E-state index contributed by atoms with van der Waals surface area (Å²) in [6, 6.07) is 2.09. The van der Waals surface area contributed by atoms with Crippen molar-refractivity contribution < 1.29 is 4.79 Å². The van der Waals surface area contributed by atoms with Gasteiger partial charge in [-0.15, -0.1) is 0 Å². The van der Waals surface area contributed by atoms with Crippen molar-refractivity contribution >= 4 is 11.6 Å². The van der Waals surface area contributed by atoms with Crippen molar-refractivity contribution in [3.05, 3.63) is 28.3 Å². The Kier molecular flexibility index (Phi) is 3.21. The maximum Gasteiger partial charge on any atom is 0.231 e. The normalized spacial score (nSPS) is 20.2. The molecule has 0 bridgehead atoms. The summed E-state index contributed by atoms with van der Waals surface area (Å²) in [5.41, 5.74) is 12.0. The van der Waals surface area contributed by atoms with E-state index in [0.29, 0.717) is 0 Å². The molecule has 1 aliphatic rings. The Labute approximate surface area is 115 Å². The Balaban J connectivity index is 2.61. The zero-order valence-corrected chi connectivity index (χ0v) is 12.7. The van der Waals surface area contributed by atoms with Crippen LogP contribution in [0.5, 0.6) is 0 Å². The van der Waals surface area contributed by atoms with Crippen molar-refractivity contribution in [2.75, 3.05) is 5.32 Å². The fraction of sp³-hybridized carbons (Fsp3) is 0.562. The van der Waals surface area contributed by atoms with E-state index in [0.717, 1.165) is 22.4 Å². The smallest absolute Gasteiger partial charge is 0.231 e. The SMILES string of the molecule is Cc1c(C(N)C(C)(C)C)cc2c(c1C)NC(=O)C2C. The zero-order chi connectivity index (χ0) is 14.5. The first-order valence-electron chi connectivity index (χ1n) is 6.85. The van der Waals surface area contributed by atoms with Crippen LogP contribution >= 0.6 is 0 Å². The van der Waals surface area contributed by atoms with Gasteiger partial charge in [0.15, 0.2) is 0 Å². The second kappa shape index (κ2) is 4.34. The highest BCUT2D eigenvalue weighted by Gasteiger charge is 2.32. The summed E-state index contributed by atoms with van der Waals surface area (Å²) in [7, 11) is 0. The molecular weight excluding hydrogens is 236 g/mol. The van der Waals surface area contributed by atoms with E-state index >= 15 is 0 Å². The fourth-order valence-corrected chi connectivity index (χ4v) is 2.64. The van der Waals surface area contributed by atoms with Crippen LogP contribution in [0, 0.1) is 19.3 Å². The number of hydrogen-bond donors (Lipinski definition) is 2. The number of carbonyl (C=O) groups excluding carboxylic acids is 1. The summed E-state index contributed by atoms with van der Waals surface area (Å²) in [5, 5.41) is 2.98. The number of anilines is 1. The Morgan fingerprint density at radius 2 is 1.84 bits per heavy atom. The van der Waals surface area contributed by atoms with E-state index in [4.69, 9.17) is 5.73 Å². The Bertz CT molecular complexity index is 541. The number of nitrogens with two attached hydrogens (primary N) is 1. The third-order valence-corrected chi connectivity index (χ3v) is 4.35. The van der Waals surface area contributed by atoms with Crippen LogP contribution in [-0.4, -0.2) is 5.91 Å². The highest BCUT2D eigenvalue weighted by molar-refractivity contribution is 6.03. The van der Waals surface area contributed by atoms with Crippen LogP contribution in [-0.2, 0) is 4.79 Å². The molecular formula is C16H24N2O. The van der Waals surface area contributed by atoms with E-state index in [-0.39, 0.29) is 23.3 Å². The van der Waals surface area contributed by atoms with Gasteiger partial charge in [-0.1, -0.05) is 26.8 Å². The largest absolute Gasteiger partial charge is 0.325 e. The summed E-state index contributed by atoms with van der Waals surface area (Å²) in [5.74, 6) is -0.000742. The first-order valence-corrected chi connectivity index (χ1v) is 6.85. The van der Waals surface area contributed by atoms with E-state index in [9.17, 15) is 4.79 Å². The van der Waals surface area contributed by atoms with Crippen LogP contribution in [0.4, 0.5) is 5.69 Å². The van der Waals surface area contributed by atoms with Crippen LogP contribution in [0.1, 0.15) is 61.9 Å². The van der Waals surface area contributed by atoms with Crippen LogP contribution < -0.4 is 11.1 Å². The number of carbonyl (C=O) groups is 1. The summed E-state index contributed by atoms with van der Waals surface area (Å²) < 4.78 is 0. The molecule has 1 aliphatic heterocycles. The van der Waals surface area contributed by atoms with Gasteiger partial charge in [-0.3, -0.25) is 4.79 Å². The summed E-state index contributed by atoms with van der Waals surface area (Å²) >= 11 is 0. The number of rotatable bonds is 1. The van der Waals surface area contributed by atoms with E-state index < -0.39 is 0 Å². The molecule has 1 amide bonds. The molecule has 1 aromatic carbocycles. The van der Waals surface area contributed by atoms with Crippen LogP contribution in [0.3, 0.4) is 0 Å². The van der Waals surface area contributed by atoms with Crippen molar-refractivity contribution in [1.29, 1.82) is 0 Å². The molecule has 104 valence electrons. The molecule has 3 nitrogen and oxygen atoms in total. The van der Waals surface area contributed by atoms with Crippen LogP contribution in [0.15, 0.2) is 6.07 Å². The summed E-state index contributed by atoms with van der Waals surface area (Å²) in [4.78, 5) is 11.8. The molecule has 0 aliphatic carbocycles. The maximum absolute atomic E-state index is 11.8. The van der Waals surface area contributed by atoms with Crippen LogP contribution in [0.25, 0.3) is 0 Å². The van der Waals surface area contributed by atoms with Gasteiger partial charge in [0.05, 0.1) is 5.92 Å². The summed E-state index contributed by atoms with van der Waals surface area (Å²) in [6.45, 7) is 12.5. The summed E-state index contributed by atoms with van der Waals surface area (Å²) in [6.07, 6.45) is 0. The Morgan fingerprint density at radius 1 is 1.26 bits per heavy atom. The third kappa shape index (κ3) is 2.16. The second-order valence-corrected chi connectivity index (χ2v) is 6.73. The lowest BCUT2D eigenvalue weighted by molar-refractivity contribution is -0.116. The molecule has 1 aromatic rings.